The fourth-order valence-electron chi connectivity index (χ4n) is 3.58. The van der Waals surface area contributed by atoms with Crippen LogP contribution >= 0.6 is 0 Å². The lowest BCUT2D eigenvalue weighted by Crippen LogP contribution is -2.56. The minimum Gasteiger partial charge on any atom is -0.479 e. The fraction of sp³-hybridized carbons (Fsp3) is 0.500. The number of benzene rings is 1. The summed E-state index contributed by atoms with van der Waals surface area (Å²) in [6, 6.07) is 7.68. The topological polar surface area (TPSA) is 60.9 Å². The third-order valence-corrected chi connectivity index (χ3v) is 4.82. The van der Waals surface area contributed by atoms with E-state index in [1.165, 1.54) is 0 Å². The molecule has 0 aromatic heterocycles. The van der Waals surface area contributed by atoms with Crippen LogP contribution in [0, 0.1) is 0 Å². The van der Waals surface area contributed by atoms with E-state index in [4.69, 9.17) is 0 Å². The molecule has 3 rings (SSSR count). The maximum absolute atomic E-state index is 12.9. The molecule has 0 aliphatic carbocycles. The number of anilines is 1. The van der Waals surface area contributed by atoms with Crippen LogP contribution in [0.4, 0.5) is 10.5 Å². The molecule has 1 aromatic rings. The largest absolute Gasteiger partial charge is 0.479 e. The quantitative estimate of drug-likeness (QED) is 0.909. The molecule has 2 heterocycles. The highest BCUT2D eigenvalue weighted by Crippen LogP contribution is 2.36. The predicted molar refractivity (Wildman–Crippen MR) is 79.5 cm³/mol. The van der Waals surface area contributed by atoms with Gasteiger partial charge in [0.1, 0.15) is 5.54 Å². The second-order valence-electron chi connectivity index (χ2n) is 5.76. The van der Waals surface area contributed by atoms with Crippen LogP contribution in [0.2, 0.25) is 0 Å². The Hall–Kier alpha value is -2.04. The molecule has 0 bridgehead atoms. The molecule has 0 spiro atoms. The van der Waals surface area contributed by atoms with Crippen molar-refractivity contribution < 1.29 is 14.7 Å². The summed E-state index contributed by atoms with van der Waals surface area (Å²) in [5.41, 5.74) is 1.04. The number of carboxylic acid groups (broad SMARTS) is 1. The van der Waals surface area contributed by atoms with Gasteiger partial charge in [0, 0.05) is 18.8 Å². The minimum atomic E-state index is -1.03. The van der Waals surface area contributed by atoms with Gasteiger partial charge in [0.05, 0.1) is 0 Å². The Kier molecular flexibility index (Phi) is 3.35. The van der Waals surface area contributed by atoms with E-state index in [2.05, 4.69) is 0 Å². The summed E-state index contributed by atoms with van der Waals surface area (Å²) in [6.45, 7) is 3.00. The highest BCUT2D eigenvalue weighted by Gasteiger charge is 2.50. The van der Waals surface area contributed by atoms with E-state index < -0.39 is 11.5 Å². The summed E-state index contributed by atoms with van der Waals surface area (Å²) in [5.74, 6) is -0.886. The van der Waals surface area contributed by atoms with E-state index in [1.54, 1.807) is 9.80 Å². The lowest BCUT2D eigenvalue weighted by Gasteiger charge is -2.36. The number of hydrogen-bond donors (Lipinski definition) is 1. The lowest BCUT2D eigenvalue weighted by atomic mass is 9.93. The van der Waals surface area contributed by atoms with Crippen molar-refractivity contribution >= 4 is 17.7 Å². The van der Waals surface area contributed by atoms with Gasteiger partial charge < -0.3 is 10.0 Å². The van der Waals surface area contributed by atoms with E-state index in [-0.39, 0.29) is 6.03 Å². The molecule has 5 heteroatoms. The number of hydrogen-bond acceptors (Lipinski definition) is 2. The highest BCUT2D eigenvalue weighted by molar-refractivity contribution is 5.97. The van der Waals surface area contributed by atoms with Gasteiger partial charge in [0.25, 0.3) is 0 Å². The summed E-state index contributed by atoms with van der Waals surface area (Å²) in [4.78, 5) is 27.9. The molecule has 0 saturated carbocycles. The van der Waals surface area contributed by atoms with Crippen LogP contribution in [-0.4, -0.2) is 40.6 Å². The van der Waals surface area contributed by atoms with Crippen LogP contribution in [-0.2, 0) is 11.2 Å². The highest BCUT2D eigenvalue weighted by atomic mass is 16.4. The van der Waals surface area contributed by atoms with Gasteiger partial charge >= 0.3 is 12.0 Å². The number of fused-ring (bicyclic) bond motifs is 1. The van der Waals surface area contributed by atoms with E-state index in [0.717, 1.165) is 24.1 Å². The van der Waals surface area contributed by atoms with Crippen molar-refractivity contribution in [2.45, 2.75) is 38.1 Å². The van der Waals surface area contributed by atoms with E-state index in [9.17, 15) is 14.7 Å². The standard InChI is InChI=1S/C16H20N2O3/c1-2-16(14(19)20)9-5-10-18(16)15(21)17-11-8-12-6-3-4-7-13(12)17/h3-4,6-7H,2,5,8-11H2,1H3,(H,19,20). The van der Waals surface area contributed by atoms with Crippen molar-refractivity contribution in [3.8, 4) is 0 Å². The van der Waals surface area contributed by atoms with Gasteiger partial charge in [-0.2, -0.15) is 0 Å². The number of likely N-dealkylation sites (tertiary alicyclic amines) is 1. The number of nitrogens with zero attached hydrogens (tertiary/aromatic N) is 2. The maximum atomic E-state index is 12.9. The molecule has 2 aliphatic heterocycles. The fourth-order valence-corrected chi connectivity index (χ4v) is 3.58. The van der Waals surface area contributed by atoms with Crippen molar-refractivity contribution in [3.63, 3.8) is 0 Å². The van der Waals surface area contributed by atoms with Crippen LogP contribution in [0.5, 0.6) is 0 Å². The molecule has 1 aromatic carbocycles. The molecule has 2 amide bonds. The summed E-state index contributed by atoms with van der Waals surface area (Å²) in [7, 11) is 0. The Bertz CT molecular complexity index is 587. The number of carbonyl (C=O) groups is 2. The molecule has 112 valence electrons. The number of carboxylic acids is 1. The summed E-state index contributed by atoms with van der Waals surface area (Å²) >= 11 is 0. The second-order valence-corrected chi connectivity index (χ2v) is 5.76. The number of amides is 2. The van der Waals surface area contributed by atoms with Gasteiger partial charge in [-0.25, -0.2) is 9.59 Å². The van der Waals surface area contributed by atoms with E-state index in [1.807, 2.05) is 31.2 Å². The molecule has 2 aliphatic rings. The van der Waals surface area contributed by atoms with Crippen LogP contribution in [0.3, 0.4) is 0 Å². The summed E-state index contributed by atoms with van der Waals surface area (Å²) < 4.78 is 0. The van der Waals surface area contributed by atoms with Gasteiger partial charge in [-0.15, -0.1) is 0 Å². The van der Waals surface area contributed by atoms with Gasteiger partial charge in [0.2, 0.25) is 0 Å². The van der Waals surface area contributed by atoms with Crippen LogP contribution in [0.1, 0.15) is 31.7 Å². The normalized spacial score (nSPS) is 24.2. The van der Waals surface area contributed by atoms with Crippen molar-refractivity contribution in [2.75, 3.05) is 18.0 Å². The first-order valence-electron chi connectivity index (χ1n) is 7.50. The lowest BCUT2D eigenvalue weighted by molar-refractivity contribution is -0.148. The van der Waals surface area contributed by atoms with Gasteiger partial charge in [-0.05, 0) is 37.3 Å². The molecule has 1 unspecified atom stereocenters. The predicted octanol–water partition coefficient (Wildman–Crippen LogP) is 2.50. The molecule has 0 radical (unpaired) electrons. The third-order valence-electron chi connectivity index (χ3n) is 4.82. The summed E-state index contributed by atoms with van der Waals surface area (Å²) in [6.07, 6.45) is 2.58. The third kappa shape index (κ3) is 1.99. The van der Waals surface area contributed by atoms with Crippen molar-refractivity contribution in [2.24, 2.45) is 0 Å². The molecule has 1 atom stereocenters. The average molecular weight is 288 g/mol. The van der Waals surface area contributed by atoms with Crippen molar-refractivity contribution in [1.82, 2.24) is 4.90 Å². The number of carbonyl (C=O) groups excluding carboxylic acids is 1. The monoisotopic (exact) mass is 288 g/mol. The van der Waals surface area contributed by atoms with Gasteiger partial charge in [-0.3, -0.25) is 4.90 Å². The Labute approximate surface area is 124 Å². The SMILES string of the molecule is CCC1(C(=O)O)CCCN1C(=O)N1CCc2ccccc21. The Morgan fingerprint density at radius 2 is 2.05 bits per heavy atom. The first-order valence-corrected chi connectivity index (χ1v) is 7.50. The van der Waals surface area contributed by atoms with Crippen LogP contribution in [0.25, 0.3) is 0 Å². The van der Waals surface area contributed by atoms with Crippen LogP contribution in [0.15, 0.2) is 24.3 Å². The molecule has 1 N–H and O–H groups in total. The molecule has 21 heavy (non-hydrogen) atoms. The maximum Gasteiger partial charge on any atom is 0.329 e. The minimum absolute atomic E-state index is 0.165. The zero-order chi connectivity index (χ0) is 15.0. The molecular weight excluding hydrogens is 268 g/mol. The second kappa shape index (κ2) is 5.06. The first kappa shape index (κ1) is 13.9. The smallest absolute Gasteiger partial charge is 0.329 e. The van der Waals surface area contributed by atoms with E-state index in [0.29, 0.717) is 25.9 Å². The molecule has 5 nitrogen and oxygen atoms in total. The zero-order valence-corrected chi connectivity index (χ0v) is 12.2. The molecular formula is C16H20N2O3. The average Bonchev–Trinajstić information content (AvgIpc) is 3.11. The number of aliphatic carboxylic acids is 1. The number of rotatable bonds is 2. The van der Waals surface area contributed by atoms with Crippen LogP contribution < -0.4 is 4.90 Å². The van der Waals surface area contributed by atoms with Gasteiger partial charge in [-0.1, -0.05) is 25.1 Å². The molecule has 1 saturated heterocycles. The van der Waals surface area contributed by atoms with Crippen molar-refractivity contribution in [1.29, 1.82) is 0 Å². The Morgan fingerprint density at radius 3 is 2.76 bits per heavy atom. The van der Waals surface area contributed by atoms with Crippen molar-refractivity contribution in [3.05, 3.63) is 29.8 Å². The Balaban J connectivity index is 1.91. The number of urea groups is 1. The first-order chi connectivity index (χ1) is 10.1. The molecule has 1 fully saturated rings. The van der Waals surface area contributed by atoms with E-state index >= 15 is 0 Å². The van der Waals surface area contributed by atoms with Gasteiger partial charge in [0.15, 0.2) is 0 Å². The Morgan fingerprint density at radius 1 is 1.29 bits per heavy atom. The number of para-hydroxylation sites is 1. The summed E-state index contributed by atoms with van der Waals surface area (Å²) in [5, 5.41) is 9.61. The zero-order valence-electron chi connectivity index (χ0n) is 12.2.